The van der Waals surface area contributed by atoms with Crippen LogP contribution >= 0.6 is 11.8 Å². The van der Waals surface area contributed by atoms with E-state index in [9.17, 15) is 14.9 Å². The summed E-state index contributed by atoms with van der Waals surface area (Å²) < 4.78 is 5.50. The number of amides is 1. The Balaban J connectivity index is 1.57. The van der Waals surface area contributed by atoms with Crippen LogP contribution in [0.3, 0.4) is 0 Å². The van der Waals surface area contributed by atoms with Gasteiger partial charge in [-0.2, -0.15) is 0 Å². The third-order valence-electron chi connectivity index (χ3n) is 3.68. The molecule has 0 spiro atoms. The van der Waals surface area contributed by atoms with Crippen LogP contribution in [-0.4, -0.2) is 26.8 Å². The van der Waals surface area contributed by atoms with Crippen LogP contribution in [0.1, 0.15) is 12.5 Å². The molecule has 0 aliphatic rings. The molecule has 0 atom stereocenters. The first-order chi connectivity index (χ1) is 13.0. The molecule has 3 aromatic rings. The molecule has 1 N–H and O–H groups in total. The Morgan fingerprint density at radius 3 is 2.70 bits per heavy atom. The summed E-state index contributed by atoms with van der Waals surface area (Å²) in [5, 5.41) is 21.6. The van der Waals surface area contributed by atoms with Gasteiger partial charge >= 0.3 is 0 Å². The molecule has 138 valence electrons. The molecule has 2 aromatic carbocycles. The van der Waals surface area contributed by atoms with E-state index in [-0.39, 0.29) is 28.5 Å². The number of anilines is 1. The van der Waals surface area contributed by atoms with Crippen molar-refractivity contribution in [2.75, 3.05) is 11.1 Å². The first kappa shape index (κ1) is 18.6. The summed E-state index contributed by atoms with van der Waals surface area (Å²) in [4.78, 5) is 22.3. The lowest BCUT2D eigenvalue weighted by molar-refractivity contribution is -0.384. The van der Waals surface area contributed by atoms with Crippen molar-refractivity contribution in [1.82, 2.24) is 10.2 Å². The Morgan fingerprint density at radius 2 is 2.00 bits per heavy atom. The highest BCUT2D eigenvalue weighted by Gasteiger charge is 2.13. The molecule has 0 unspecified atom stereocenters. The molecule has 1 amide bonds. The Hall–Kier alpha value is -3.20. The molecule has 0 radical (unpaired) electrons. The number of carbonyl (C=O) groups excluding carboxylic acids is 1. The number of nitrogens with zero attached hydrogens (tertiary/aromatic N) is 3. The van der Waals surface area contributed by atoms with Crippen LogP contribution in [0.5, 0.6) is 0 Å². The molecule has 8 nitrogen and oxygen atoms in total. The van der Waals surface area contributed by atoms with E-state index in [4.69, 9.17) is 4.42 Å². The lowest BCUT2D eigenvalue weighted by atomic mass is 10.1. The monoisotopic (exact) mass is 384 g/mol. The number of rotatable bonds is 7. The van der Waals surface area contributed by atoms with E-state index in [1.54, 1.807) is 0 Å². The number of hydrogen-bond donors (Lipinski definition) is 1. The van der Waals surface area contributed by atoms with Crippen molar-refractivity contribution >= 4 is 29.0 Å². The summed E-state index contributed by atoms with van der Waals surface area (Å²) in [5.74, 6) is 0.185. The highest BCUT2D eigenvalue weighted by Crippen LogP contribution is 2.25. The molecule has 0 bridgehead atoms. The van der Waals surface area contributed by atoms with E-state index < -0.39 is 4.92 Å². The van der Waals surface area contributed by atoms with Gasteiger partial charge in [-0.3, -0.25) is 14.9 Å². The smallest absolute Gasteiger partial charge is 0.277 e. The fourth-order valence-electron chi connectivity index (χ4n) is 2.30. The summed E-state index contributed by atoms with van der Waals surface area (Å²) in [6.07, 6.45) is 0.895. The number of carbonyl (C=O) groups is 1. The zero-order valence-corrected chi connectivity index (χ0v) is 15.2. The minimum absolute atomic E-state index is 0.0170. The lowest BCUT2D eigenvalue weighted by Gasteiger charge is -2.05. The highest BCUT2D eigenvalue weighted by atomic mass is 32.2. The van der Waals surface area contributed by atoms with Crippen LogP contribution in [0.4, 0.5) is 11.4 Å². The number of nitro groups is 1. The molecule has 0 fully saturated rings. The fraction of sp³-hybridized carbons (Fsp3) is 0.167. The summed E-state index contributed by atoms with van der Waals surface area (Å²) in [6, 6.07) is 13.5. The zero-order chi connectivity index (χ0) is 19.2. The van der Waals surface area contributed by atoms with Gasteiger partial charge in [0.05, 0.1) is 10.7 Å². The molecular formula is C18H16N4O4S. The SMILES string of the molecule is CCc1cccc(NC(=O)CSc2nnc(-c3ccc([N+](=O)[O-])cc3)o2)c1. The van der Waals surface area contributed by atoms with Crippen molar-refractivity contribution in [2.24, 2.45) is 0 Å². The number of hydrogen-bond acceptors (Lipinski definition) is 7. The molecule has 1 aromatic heterocycles. The van der Waals surface area contributed by atoms with Crippen LogP contribution in [0.25, 0.3) is 11.5 Å². The molecule has 1 heterocycles. The lowest BCUT2D eigenvalue weighted by Crippen LogP contribution is -2.14. The minimum atomic E-state index is -0.478. The fourth-order valence-corrected chi connectivity index (χ4v) is 2.87. The van der Waals surface area contributed by atoms with Gasteiger partial charge in [0.1, 0.15) is 0 Å². The molecule has 3 rings (SSSR count). The molecule has 0 aliphatic heterocycles. The van der Waals surface area contributed by atoms with Gasteiger partial charge in [0.2, 0.25) is 11.8 Å². The van der Waals surface area contributed by atoms with Crippen molar-refractivity contribution in [2.45, 2.75) is 18.6 Å². The van der Waals surface area contributed by atoms with E-state index in [0.717, 1.165) is 29.4 Å². The molecule has 9 heteroatoms. The quantitative estimate of drug-likeness (QED) is 0.373. The average Bonchev–Trinajstić information content (AvgIpc) is 3.15. The number of aryl methyl sites for hydroxylation is 1. The van der Waals surface area contributed by atoms with Gasteiger partial charge in [0.25, 0.3) is 10.9 Å². The summed E-state index contributed by atoms with van der Waals surface area (Å²) >= 11 is 1.12. The standard InChI is InChI=1S/C18H16N4O4S/c1-2-12-4-3-5-14(10-12)19-16(23)11-27-18-21-20-17(26-18)13-6-8-15(9-7-13)22(24)25/h3-10H,2,11H2,1H3,(H,19,23). The van der Waals surface area contributed by atoms with Crippen LogP contribution in [0.15, 0.2) is 58.2 Å². The van der Waals surface area contributed by atoms with Crippen LogP contribution in [-0.2, 0) is 11.2 Å². The summed E-state index contributed by atoms with van der Waals surface area (Å²) in [6.45, 7) is 2.05. The average molecular weight is 384 g/mol. The van der Waals surface area contributed by atoms with Crippen LogP contribution < -0.4 is 5.32 Å². The first-order valence-corrected chi connectivity index (χ1v) is 9.13. The molecule has 27 heavy (non-hydrogen) atoms. The summed E-state index contributed by atoms with van der Waals surface area (Å²) in [7, 11) is 0. The Morgan fingerprint density at radius 1 is 1.22 bits per heavy atom. The van der Waals surface area contributed by atoms with Crippen molar-refractivity contribution in [3.8, 4) is 11.5 Å². The predicted octanol–water partition coefficient (Wildman–Crippen LogP) is 3.94. The number of benzene rings is 2. The number of aromatic nitrogens is 2. The largest absolute Gasteiger partial charge is 0.411 e. The molecular weight excluding hydrogens is 368 g/mol. The van der Waals surface area contributed by atoms with E-state index in [0.29, 0.717) is 5.56 Å². The van der Waals surface area contributed by atoms with Crippen LogP contribution in [0, 0.1) is 10.1 Å². The topological polar surface area (TPSA) is 111 Å². The normalized spacial score (nSPS) is 10.6. The second-order valence-corrected chi connectivity index (χ2v) is 6.49. The Kier molecular flexibility index (Phi) is 5.82. The summed E-state index contributed by atoms with van der Waals surface area (Å²) in [5.41, 5.74) is 2.44. The van der Waals surface area contributed by atoms with Crippen molar-refractivity contribution < 1.29 is 14.1 Å². The number of nitro benzene ring substituents is 1. The van der Waals surface area contributed by atoms with E-state index in [1.807, 2.05) is 24.3 Å². The maximum atomic E-state index is 12.1. The number of thioether (sulfide) groups is 1. The van der Waals surface area contributed by atoms with Gasteiger partial charge in [-0.15, -0.1) is 10.2 Å². The molecule has 0 aliphatic carbocycles. The Labute approximate surface area is 159 Å². The van der Waals surface area contributed by atoms with Gasteiger partial charge in [-0.05, 0) is 36.2 Å². The van der Waals surface area contributed by atoms with Gasteiger partial charge in [-0.25, -0.2) is 0 Å². The second kappa shape index (κ2) is 8.45. The maximum absolute atomic E-state index is 12.1. The molecule has 0 saturated carbocycles. The number of non-ortho nitro benzene ring substituents is 1. The number of nitrogens with one attached hydrogen (secondary N) is 1. The minimum Gasteiger partial charge on any atom is -0.411 e. The maximum Gasteiger partial charge on any atom is 0.277 e. The van der Waals surface area contributed by atoms with Gasteiger partial charge < -0.3 is 9.73 Å². The van der Waals surface area contributed by atoms with Crippen molar-refractivity contribution in [1.29, 1.82) is 0 Å². The third-order valence-corrected chi connectivity index (χ3v) is 4.50. The van der Waals surface area contributed by atoms with Gasteiger partial charge in [0.15, 0.2) is 0 Å². The second-order valence-electron chi connectivity index (χ2n) is 5.57. The van der Waals surface area contributed by atoms with Gasteiger partial charge in [0, 0.05) is 23.4 Å². The van der Waals surface area contributed by atoms with E-state index in [2.05, 4.69) is 22.4 Å². The van der Waals surface area contributed by atoms with Gasteiger partial charge in [-0.1, -0.05) is 30.8 Å². The van der Waals surface area contributed by atoms with E-state index >= 15 is 0 Å². The molecule has 0 saturated heterocycles. The predicted molar refractivity (Wildman–Crippen MR) is 102 cm³/mol. The van der Waals surface area contributed by atoms with Crippen molar-refractivity contribution in [3.05, 3.63) is 64.2 Å². The highest BCUT2D eigenvalue weighted by molar-refractivity contribution is 7.99. The van der Waals surface area contributed by atoms with Crippen LogP contribution in [0.2, 0.25) is 0 Å². The van der Waals surface area contributed by atoms with E-state index in [1.165, 1.54) is 24.3 Å². The third kappa shape index (κ3) is 4.91. The zero-order valence-electron chi connectivity index (χ0n) is 14.4. The van der Waals surface area contributed by atoms with Crippen molar-refractivity contribution in [3.63, 3.8) is 0 Å². The first-order valence-electron chi connectivity index (χ1n) is 8.15. The Bertz CT molecular complexity index is 956.